The number of nitrogens with zero attached hydrogens (tertiary/aromatic N) is 4. The molecule has 4 heteroatoms. The Hall–Kier alpha value is -6.83. The monoisotopic (exact) mass is 622 g/mol. The molecule has 0 aliphatic carbocycles. The van der Waals surface area contributed by atoms with E-state index in [-0.39, 0.29) is 0 Å². The molecule has 0 spiro atoms. The van der Waals surface area contributed by atoms with Crippen LogP contribution in [0.15, 0.2) is 158 Å². The zero-order valence-corrected chi connectivity index (χ0v) is 26.3. The molecular formula is C45H26N4. The molecular weight excluding hydrogens is 597 g/mol. The van der Waals surface area contributed by atoms with Crippen molar-refractivity contribution < 1.29 is 0 Å². The van der Waals surface area contributed by atoms with Crippen molar-refractivity contribution in [3.63, 3.8) is 0 Å². The van der Waals surface area contributed by atoms with Crippen LogP contribution in [0, 0.1) is 11.3 Å². The van der Waals surface area contributed by atoms with Gasteiger partial charge in [-0.25, -0.2) is 0 Å². The minimum absolute atomic E-state index is 0.649. The number of hydrogen-bond donors (Lipinski definition) is 0. The van der Waals surface area contributed by atoms with Gasteiger partial charge in [-0.15, -0.1) is 10.2 Å². The number of rotatable bonds is 3. The van der Waals surface area contributed by atoms with Crippen molar-refractivity contribution >= 4 is 64.9 Å². The van der Waals surface area contributed by atoms with Crippen LogP contribution in [0.1, 0.15) is 5.56 Å². The Bertz CT molecular complexity index is 3000. The van der Waals surface area contributed by atoms with Crippen LogP contribution in [0.25, 0.3) is 93.1 Å². The fraction of sp³-hybridized carbons (Fsp3) is 0. The quantitative estimate of drug-likeness (QED) is 0.197. The van der Waals surface area contributed by atoms with Gasteiger partial charge < -0.3 is 0 Å². The van der Waals surface area contributed by atoms with Crippen molar-refractivity contribution in [2.75, 3.05) is 0 Å². The average Bonchev–Trinajstić information content (AvgIpc) is 3.49. The van der Waals surface area contributed by atoms with Gasteiger partial charge in [-0.05, 0) is 73.8 Å². The summed E-state index contributed by atoms with van der Waals surface area (Å²) in [6.45, 7) is 0. The summed E-state index contributed by atoms with van der Waals surface area (Å²) in [6.07, 6.45) is 0. The lowest BCUT2D eigenvalue weighted by atomic mass is 9.92. The average molecular weight is 623 g/mol. The number of aromatic nitrogens is 3. The molecule has 49 heavy (non-hydrogen) atoms. The van der Waals surface area contributed by atoms with Crippen molar-refractivity contribution in [3.05, 3.63) is 163 Å². The van der Waals surface area contributed by atoms with Crippen molar-refractivity contribution in [2.45, 2.75) is 0 Å². The Labute approximate surface area is 281 Å². The summed E-state index contributed by atoms with van der Waals surface area (Å²) in [5.41, 5.74) is 6.92. The lowest BCUT2D eigenvalue weighted by Crippen LogP contribution is -2.03. The maximum Gasteiger partial charge on any atom is 0.168 e. The maximum atomic E-state index is 9.32. The van der Waals surface area contributed by atoms with Crippen LogP contribution >= 0.6 is 0 Å². The largest absolute Gasteiger partial charge is 0.292 e. The lowest BCUT2D eigenvalue weighted by Gasteiger charge is -2.15. The first-order valence-electron chi connectivity index (χ1n) is 16.4. The Morgan fingerprint density at radius 1 is 0.449 bits per heavy atom. The van der Waals surface area contributed by atoms with Gasteiger partial charge in [-0.3, -0.25) is 4.57 Å². The highest BCUT2D eigenvalue weighted by Crippen LogP contribution is 2.42. The molecule has 0 aliphatic heterocycles. The minimum atomic E-state index is 0.649. The summed E-state index contributed by atoms with van der Waals surface area (Å²) >= 11 is 0. The summed E-state index contributed by atoms with van der Waals surface area (Å²) in [4.78, 5) is 0. The van der Waals surface area contributed by atoms with E-state index in [1.807, 2.05) is 24.3 Å². The molecule has 8 aromatic carbocycles. The summed E-state index contributed by atoms with van der Waals surface area (Å²) in [7, 11) is 0. The first kappa shape index (κ1) is 27.3. The molecule has 2 aromatic heterocycles. The van der Waals surface area contributed by atoms with E-state index in [0.29, 0.717) is 5.56 Å². The Kier molecular flexibility index (Phi) is 5.90. The van der Waals surface area contributed by atoms with Crippen LogP contribution in [0.5, 0.6) is 0 Å². The third-order valence-electron chi connectivity index (χ3n) is 9.91. The first-order valence-corrected chi connectivity index (χ1v) is 16.4. The Morgan fingerprint density at radius 3 is 1.82 bits per heavy atom. The van der Waals surface area contributed by atoms with Gasteiger partial charge in [-0.1, -0.05) is 127 Å². The van der Waals surface area contributed by atoms with E-state index in [4.69, 9.17) is 10.2 Å². The summed E-state index contributed by atoms with van der Waals surface area (Å²) in [5, 5.41) is 31.0. The second kappa shape index (κ2) is 10.6. The van der Waals surface area contributed by atoms with E-state index in [2.05, 4.69) is 144 Å². The zero-order chi connectivity index (χ0) is 32.5. The Balaban J connectivity index is 1.25. The van der Waals surface area contributed by atoms with Gasteiger partial charge in [-0.2, -0.15) is 5.26 Å². The van der Waals surface area contributed by atoms with Crippen LogP contribution in [0.4, 0.5) is 0 Å². The van der Waals surface area contributed by atoms with E-state index in [9.17, 15) is 5.26 Å². The molecule has 0 bridgehead atoms. The standard InChI is InChI=1S/C45H26N4/c46-27-28-17-19-30(20-18-28)33-22-23-38(36-14-6-5-13-35(33)36)44-37-15-7-8-16-39(37)45(48-47-44)49-41-24-21-29-9-3-4-12-34(29)43(41)40-25-31-10-1-2-11-32(31)26-42(40)49/h1-26H. The second-order valence-electron chi connectivity index (χ2n) is 12.5. The molecule has 10 rings (SSSR count). The maximum absolute atomic E-state index is 9.32. The summed E-state index contributed by atoms with van der Waals surface area (Å²) in [5.74, 6) is 0.809. The van der Waals surface area contributed by atoms with Crippen LogP contribution in [-0.2, 0) is 0 Å². The number of fused-ring (bicyclic) bond motifs is 8. The van der Waals surface area contributed by atoms with Crippen molar-refractivity contribution in [3.8, 4) is 34.3 Å². The lowest BCUT2D eigenvalue weighted by molar-refractivity contribution is 0.978. The topological polar surface area (TPSA) is 54.5 Å². The molecule has 10 aromatic rings. The van der Waals surface area contributed by atoms with Gasteiger partial charge in [0.2, 0.25) is 0 Å². The van der Waals surface area contributed by atoms with Gasteiger partial charge in [0.1, 0.15) is 5.69 Å². The van der Waals surface area contributed by atoms with Crippen molar-refractivity contribution in [2.24, 2.45) is 0 Å². The van der Waals surface area contributed by atoms with Gasteiger partial charge in [0.15, 0.2) is 5.82 Å². The molecule has 0 saturated heterocycles. The molecule has 0 atom stereocenters. The molecule has 0 N–H and O–H groups in total. The molecule has 226 valence electrons. The van der Waals surface area contributed by atoms with Crippen molar-refractivity contribution in [1.82, 2.24) is 14.8 Å². The smallest absolute Gasteiger partial charge is 0.168 e. The van der Waals surface area contributed by atoms with E-state index < -0.39 is 0 Å². The molecule has 0 saturated carbocycles. The fourth-order valence-corrected chi connectivity index (χ4v) is 7.64. The fourth-order valence-electron chi connectivity index (χ4n) is 7.64. The third-order valence-corrected chi connectivity index (χ3v) is 9.91. The molecule has 0 amide bonds. The number of benzene rings is 8. The first-order chi connectivity index (χ1) is 24.3. The van der Waals surface area contributed by atoms with E-state index in [0.717, 1.165) is 60.8 Å². The van der Waals surface area contributed by atoms with Gasteiger partial charge in [0.25, 0.3) is 0 Å². The molecule has 4 nitrogen and oxygen atoms in total. The summed E-state index contributed by atoms with van der Waals surface area (Å²) < 4.78 is 2.30. The van der Waals surface area contributed by atoms with Crippen LogP contribution in [0.3, 0.4) is 0 Å². The highest BCUT2D eigenvalue weighted by atomic mass is 15.2. The molecule has 0 radical (unpaired) electrons. The van der Waals surface area contributed by atoms with Crippen LogP contribution in [-0.4, -0.2) is 14.8 Å². The molecule has 2 heterocycles. The normalized spacial score (nSPS) is 11.7. The Morgan fingerprint density at radius 2 is 1.06 bits per heavy atom. The van der Waals surface area contributed by atoms with Gasteiger partial charge >= 0.3 is 0 Å². The minimum Gasteiger partial charge on any atom is -0.292 e. The summed E-state index contributed by atoms with van der Waals surface area (Å²) in [6, 6.07) is 57.5. The highest BCUT2D eigenvalue weighted by Gasteiger charge is 2.21. The SMILES string of the molecule is N#Cc1ccc(-c2ccc(-c3nnc(-n4c5cc6ccccc6cc5c5c6ccccc6ccc54)c4ccccc34)c3ccccc23)cc1. The van der Waals surface area contributed by atoms with E-state index in [1.165, 1.54) is 32.3 Å². The van der Waals surface area contributed by atoms with Gasteiger partial charge in [0, 0.05) is 27.1 Å². The molecule has 0 unspecified atom stereocenters. The van der Waals surface area contributed by atoms with E-state index >= 15 is 0 Å². The van der Waals surface area contributed by atoms with Gasteiger partial charge in [0.05, 0.1) is 22.7 Å². The van der Waals surface area contributed by atoms with Crippen LogP contribution < -0.4 is 0 Å². The molecule has 0 aliphatic rings. The molecule has 0 fully saturated rings. The number of hydrogen-bond acceptors (Lipinski definition) is 3. The highest BCUT2D eigenvalue weighted by molar-refractivity contribution is 6.23. The predicted octanol–water partition coefficient (Wildman–Crippen LogP) is 11.4. The van der Waals surface area contributed by atoms with Crippen LogP contribution in [0.2, 0.25) is 0 Å². The predicted molar refractivity (Wildman–Crippen MR) is 202 cm³/mol. The van der Waals surface area contributed by atoms with Crippen molar-refractivity contribution in [1.29, 1.82) is 5.26 Å². The number of nitriles is 1. The third kappa shape index (κ3) is 4.10. The van der Waals surface area contributed by atoms with E-state index in [1.54, 1.807) is 0 Å². The zero-order valence-electron chi connectivity index (χ0n) is 26.3. The second-order valence-corrected chi connectivity index (χ2v) is 12.5.